The third-order valence-electron chi connectivity index (χ3n) is 3.16. The van der Waals surface area contributed by atoms with Crippen LogP contribution in [0.5, 0.6) is 0 Å². The molecule has 2 amide bonds. The molecule has 0 aliphatic rings. The first-order valence-corrected chi connectivity index (χ1v) is 9.75. The van der Waals surface area contributed by atoms with Gasteiger partial charge in [-0.1, -0.05) is 13.8 Å². The van der Waals surface area contributed by atoms with E-state index in [4.69, 9.17) is 0 Å². The van der Waals surface area contributed by atoms with Gasteiger partial charge >= 0.3 is 6.03 Å². The highest BCUT2D eigenvalue weighted by atomic mass is 32.2. The van der Waals surface area contributed by atoms with Crippen LogP contribution in [0.15, 0.2) is 22.5 Å². The lowest BCUT2D eigenvalue weighted by atomic mass is 10.2. The summed E-state index contributed by atoms with van der Waals surface area (Å²) in [6.45, 7) is 7.88. The molecule has 23 heavy (non-hydrogen) atoms. The third kappa shape index (κ3) is 4.20. The number of rotatable bonds is 5. The van der Waals surface area contributed by atoms with E-state index >= 15 is 0 Å². The van der Waals surface area contributed by atoms with Crippen LogP contribution in [-0.4, -0.2) is 31.2 Å². The van der Waals surface area contributed by atoms with Crippen molar-refractivity contribution in [1.82, 2.24) is 10.3 Å². The number of carbonyl (C=O) groups excluding carboxylic acids is 1. The van der Waals surface area contributed by atoms with Crippen molar-refractivity contribution in [3.05, 3.63) is 18.2 Å². The topological polar surface area (TPSA) is 88.2 Å². The van der Waals surface area contributed by atoms with Crippen molar-refractivity contribution in [3.8, 4) is 0 Å². The number of sulfone groups is 1. The second-order valence-electron chi connectivity index (χ2n) is 5.98. The minimum absolute atomic E-state index is 0.115. The van der Waals surface area contributed by atoms with Gasteiger partial charge in [0.05, 0.1) is 15.5 Å². The number of carbonyl (C=O) groups is 1. The van der Waals surface area contributed by atoms with E-state index in [-0.39, 0.29) is 10.4 Å². The second-order valence-corrected chi connectivity index (χ2v) is 9.69. The van der Waals surface area contributed by atoms with Gasteiger partial charge in [-0.3, -0.25) is 0 Å². The highest BCUT2D eigenvalue weighted by Gasteiger charge is 2.23. The number of thiazole rings is 1. The number of urea groups is 1. The quantitative estimate of drug-likeness (QED) is 0.862. The van der Waals surface area contributed by atoms with E-state index < -0.39 is 15.1 Å². The first kappa shape index (κ1) is 17.7. The van der Waals surface area contributed by atoms with Crippen molar-refractivity contribution in [1.29, 1.82) is 0 Å². The molecule has 0 unspecified atom stereocenters. The standard InChI is InChI=1S/C15H21N3O3S2/c1-9(2)8-16-14(19)17-11-5-6-12-13(7-11)22-15(18-12)23(20,21)10(3)4/h5-7,9-10H,8H2,1-4H3,(H2,16,17,19). The fourth-order valence-corrected chi connectivity index (χ4v) is 4.45. The zero-order valence-corrected chi connectivity index (χ0v) is 15.2. The Balaban J connectivity index is 2.21. The van der Waals surface area contributed by atoms with Gasteiger partial charge in [0, 0.05) is 12.2 Å². The van der Waals surface area contributed by atoms with Gasteiger partial charge < -0.3 is 10.6 Å². The molecular formula is C15H21N3O3S2. The molecule has 0 radical (unpaired) electrons. The van der Waals surface area contributed by atoms with Crippen LogP contribution in [0.2, 0.25) is 0 Å². The lowest BCUT2D eigenvalue weighted by Gasteiger charge is -2.09. The van der Waals surface area contributed by atoms with Crippen LogP contribution in [-0.2, 0) is 9.84 Å². The largest absolute Gasteiger partial charge is 0.338 e. The van der Waals surface area contributed by atoms with E-state index in [1.165, 1.54) is 0 Å². The number of nitrogens with one attached hydrogen (secondary N) is 2. The molecule has 126 valence electrons. The van der Waals surface area contributed by atoms with Crippen molar-refractivity contribution in [2.24, 2.45) is 5.92 Å². The van der Waals surface area contributed by atoms with Crippen molar-refractivity contribution < 1.29 is 13.2 Å². The molecule has 0 atom stereocenters. The first-order chi connectivity index (χ1) is 10.7. The Bertz CT molecular complexity index is 810. The van der Waals surface area contributed by atoms with Crippen molar-refractivity contribution in [2.75, 3.05) is 11.9 Å². The minimum Gasteiger partial charge on any atom is -0.338 e. The Hall–Kier alpha value is -1.67. The summed E-state index contributed by atoms with van der Waals surface area (Å²) >= 11 is 1.12. The zero-order valence-electron chi connectivity index (χ0n) is 13.6. The molecule has 0 fully saturated rings. The van der Waals surface area contributed by atoms with Gasteiger partial charge in [-0.2, -0.15) is 0 Å². The molecule has 0 spiro atoms. The monoisotopic (exact) mass is 355 g/mol. The zero-order chi connectivity index (χ0) is 17.2. The van der Waals surface area contributed by atoms with Crippen LogP contribution in [0.1, 0.15) is 27.7 Å². The van der Waals surface area contributed by atoms with Crippen LogP contribution in [0.25, 0.3) is 10.2 Å². The highest BCUT2D eigenvalue weighted by molar-refractivity contribution is 7.94. The average molecular weight is 355 g/mol. The Morgan fingerprint density at radius 1 is 1.26 bits per heavy atom. The van der Waals surface area contributed by atoms with Gasteiger partial charge in [0.2, 0.25) is 14.2 Å². The summed E-state index contributed by atoms with van der Waals surface area (Å²) < 4.78 is 25.2. The van der Waals surface area contributed by atoms with Crippen LogP contribution in [0.3, 0.4) is 0 Å². The Morgan fingerprint density at radius 3 is 2.57 bits per heavy atom. The molecule has 0 saturated carbocycles. The molecule has 8 heteroatoms. The lowest BCUT2D eigenvalue weighted by molar-refractivity contribution is 0.251. The molecule has 0 aliphatic carbocycles. The highest BCUT2D eigenvalue weighted by Crippen LogP contribution is 2.29. The van der Waals surface area contributed by atoms with Crippen molar-refractivity contribution >= 4 is 43.1 Å². The predicted octanol–water partition coefficient (Wildman–Crippen LogP) is 3.26. The van der Waals surface area contributed by atoms with Crippen LogP contribution < -0.4 is 10.6 Å². The van der Waals surface area contributed by atoms with Gasteiger partial charge in [-0.25, -0.2) is 18.2 Å². The van der Waals surface area contributed by atoms with Gasteiger partial charge in [-0.15, -0.1) is 11.3 Å². The fraction of sp³-hybridized carbons (Fsp3) is 0.467. The van der Waals surface area contributed by atoms with E-state index in [0.717, 1.165) is 16.0 Å². The summed E-state index contributed by atoms with van der Waals surface area (Å²) in [6.07, 6.45) is 0. The normalized spacial score (nSPS) is 12.1. The summed E-state index contributed by atoms with van der Waals surface area (Å²) in [5, 5.41) is 4.99. The summed E-state index contributed by atoms with van der Waals surface area (Å²) in [6, 6.07) is 4.88. The van der Waals surface area contributed by atoms with Gasteiger partial charge in [0.15, 0.2) is 0 Å². The Kier molecular flexibility index (Phi) is 5.26. The molecule has 0 bridgehead atoms. The number of aromatic nitrogens is 1. The smallest absolute Gasteiger partial charge is 0.319 e. The number of anilines is 1. The lowest BCUT2D eigenvalue weighted by Crippen LogP contribution is -2.31. The summed E-state index contributed by atoms with van der Waals surface area (Å²) in [7, 11) is -3.39. The molecule has 6 nitrogen and oxygen atoms in total. The maximum Gasteiger partial charge on any atom is 0.319 e. The number of hydrogen-bond acceptors (Lipinski definition) is 5. The molecule has 2 aromatic rings. The molecule has 1 heterocycles. The minimum atomic E-state index is -3.39. The maximum absolute atomic E-state index is 12.2. The second kappa shape index (κ2) is 6.84. The SMILES string of the molecule is CC(C)CNC(=O)Nc1ccc2nc(S(=O)(=O)C(C)C)sc2c1. The van der Waals surface area contributed by atoms with Gasteiger partial charge in [0.25, 0.3) is 0 Å². The molecular weight excluding hydrogens is 334 g/mol. The van der Waals surface area contributed by atoms with E-state index in [0.29, 0.717) is 23.7 Å². The average Bonchev–Trinajstić information content (AvgIpc) is 2.88. The fourth-order valence-electron chi connectivity index (χ4n) is 1.78. The molecule has 0 aliphatic heterocycles. The number of nitrogens with zero attached hydrogens (tertiary/aromatic N) is 1. The van der Waals surface area contributed by atoms with Gasteiger partial charge in [0.1, 0.15) is 0 Å². The number of fused-ring (bicyclic) bond motifs is 1. The predicted molar refractivity (Wildman–Crippen MR) is 93.8 cm³/mol. The number of hydrogen-bond donors (Lipinski definition) is 2. The maximum atomic E-state index is 12.2. The molecule has 0 saturated heterocycles. The van der Waals surface area contributed by atoms with E-state index in [1.54, 1.807) is 32.0 Å². The molecule has 2 N–H and O–H groups in total. The van der Waals surface area contributed by atoms with Gasteiger partial charge in [-0.05, 0) is 38.0 Å². The molecule has 1 aromatic heterocycles. The summed E-state index contributed by atoms with van der Waals surface area (Å²) in [4.78, 5) is 16.0. The van der Waals surface area contributed by atoms with Crippen molar-refractivity contribution in [2.45, 2.75) is 37.3 Å². The van der Waals surface area contributed by atoms with E-state index in [9.17, 15) is 13.2 Å². The van der Waals surface area contributed by atoms with Crippen LogP contribution in [0.4, 0.5) is 10.5 Å². The third-order valence-corrected chi connectivity index (χ3v) is 6.74. The summed E-state index contributed by atoms with van der Waals surface area (Å²) in [5.41, 5.74) is 1.22. The van der Waals surface area contributed by atoms with Crippen molar-refractivity contribution in [3.63, 3.8) is 0 Å². The molecule has 2 rings (SSSR count). The molecule has 1 aromatic carbocycles. The Morgan fingerprint density at radius 2 is 1.96 bits per heavy atom. The van der Waals surface area contributed by atoms with Crippen LogP contribution in [0, 0.1) is 5.92 Å². The summed E-state index contributed by atoms with van der Waals surface area (Å²) in [5.74, 6) is 0.369. The Labute approximate surface area is 140 Å². The first-order valence-electron chi connectivity index (χ1n) is 7.39. The van der Waals surface area contributed by atoms with Crippen LogP contribution >= 0.6 is 11.3 Å². The number of amides is 2. The number of benzene rings is 1. The van der Waals surface area contributed by atoms with E-state index in [1.807, 2.05) is 13.8 Å². The van der Waals surface area contributed by atoms with E-state index in [2.05, 4.69) is 15.6 Å².